The van der Waals surface area contributed by atoms with Gasteiger partial charge in [0.15, 0.2) is 0 Å². The Labute approximate surface area is 109 Å². The van der Waals surface area contributed by atoms with Gasteiger partial charge in [-0.15, -0.1) is 0 Å². The maximum atomic E-state index is 11.3. The predicted octanol–water partition coefficient (Wildman–Crippen LogP) is 2.68. The van der Waals surface area contributed by atoms with Gasteiger partial charge in [0.2, 0.25) is 0 Å². The van der Waals surface area contributed by atoms with Crippen molar-refractivity contribution in [3.8, 4) is 5.75 Å². The molecule has 0 fully saturated rings. The molecule has 0 amide bonds. The highest BCUT2D eigenvalue weighted by molar-refractivity contribution is 9.10. The van der Waals surface area contributed by atoms with Gasteiger partial charge in [-0.05, 0) is 18.2 Å². The van der Waals surface area contributed by atoms with E-state index in [-0.39, 0.29) is 11.9 Å². The van der Waals surface area contributed by atoms with Crippen LogP contribution in [0.5, 0.6) is 5.75 Å². The minimum Gasteiger partial charge on any atom is -0.495 e. The minimum atomic E-state index is -0.230. The van der Waals surface area contributed by atoms with Gasteiger partial charge in [0.05, 0.1) is 25.8 Å². The maximum Gasteiger partial charge on any atom is 0.310 e. The van der Waals surface area contributed by atoms with E-state index in [2.05, 4.69) is 26.0 Å². The van der Waals surface area contributed by atoms with Gasteiger partial charge in [-0.1, -0.05) is 22.9 Å². The normalized spacial score (nSPS) is 11.8. The van der Waals surface area contributed by atoms with Crippen LogP contribution in [-0.2, 0) is 9.53 Å². The molecule has 0 saturated carbocycles. The lowest BCUT2D eigenvalue weighted by Gasteiger charge is -2.14. The number of benzene rings is 1. The Bertz CT molecular complexity index is 395. The van der Waals surface area contributed by atoms with E-state index in [1.54, 1.807) is 7.11 Å². The summed E-state index contributed by atoms with van der Waals surface area (Å²) < 4.78 is 10.8. The molecule has 5 heteroatoms. The van der Waals surface area contributed by atoms with Crippen LogP contribution < -0.4 is 10.1 Å². The molecule has 4 nitrogen and oxygen atoms in total. The average molecular weight is 302 g/mol. The van der Waals surface area contributed by atoms with E-state index in [1.165, 1.54) is 7.11 Å². The molecule has 1 unspecified atom stereocenters. The Morgan fingerprint density at radius 1 is 1.47 bits per heavy atom. The zero-order valence-corrected chi connectivity index (χ0v) is 11.7. The molecule has 1 rings (SSSR count). The second kappa shape index (κ2) is 6.49. The van der Waals surface area contributed by atoms with E-state index in [0.717, 1.165) is 15.9 Å². The van der Waals surface area contributed by atoms with E-state index in [0.29, 0.717) is 6.54 Å². The molecule has 0 saturated heterocycles. The van der Waals surface area contributed by atoms with Crippen LogP contribution in [0, 0.1) is 5.92 Å². The number of nitrogens with one attached hydrogen (secondary N) is 1. The molecule has 0 spiro atoms. The fraction of sp³-hybridized carbons (Fsp3) is 0.417. The number of rotatable bonds is 5. The van der Waals surface area contributed by atoms with Crippen molar-refractivity contribution in [2.45, 2.75) is 6.92 Å². The molecular formula is C12H16BrNO3. The van der Waals surface area contributed by atoms with Crippen molar-refractivity contribution in [3.05, 3.63) is 22.7 Å². The van der Waals surface area contributed by atoms with Gasteiger partial charge in [0, 0.05) is 11.0 Å². The number of anilines is 1. The number of methoxy groups -OCH3 is 2. The molecule has 1 aromatic carbocycles. The maximum absolute atomic E-state index is 11.3. The zero-order chi connectivity index (χ0) is 12.8. The SMILES string of the molecule is COC(=O)C(C)CNc1cc(Br)ccc1OC. The predicted molar refractivity (Wildman–Crippen MR) is 70.4 cm³/mol. The quantitative estimate of drug-likeness (QED) is 0.850. The fourth-order valence-electron chi connectivity index (χ4n) is 1.37. The summed E-state index contributed by atoms with van der Waals surface area (Å²) in [5.41, 5.74) is 0.845. The molecule has 0 radical (unpaired) electrons. The number of halogens is 1. The van der Waals surface area contributed by atoms with Crippen molar-refractivity contribution < 1.29 is 14.3 Å². The van der Waals surface area contributed by atoms with Gasteiger partial charge in [-0.2, -0.15) is 0 Å². The van der Waals surface area contributed by atoms with Gasteiger partial charge < -0.3 is 14.8 Å². The summed E-state index contributed by atoms with van der Waals surface area (Å²) in [7, 11) is 3.00. The summed E-state index contributed by atoms with van der Waals surface area (Å²) in [6.45, 7) is 2.31. The first-order chi connectivity index (χ1) is 8.08. The summed E-state index contributed by atoms with van der Waals surface area (Å²) in [5, 5.41) is 3.16. The second-order valence-electron chi connectivity index (χ2n) is 3.65. The van der Waals surface area contributed by atoms with E-state index in [9.17, 15) is 4.79 Å². The Morgan fingerprint density at radius 3 is 2.76 bits per heavy atom. The Kier molecular flexibility index (Phi) is 5.28. The highest BCUT2D eigenvalue weighted by atomic mass is 79.9. The summed E-state index contributed by atoms with van der Waals surface area (Å²) in [4.78, 5) is 11.3. The summed E-state index contributed by atoms with van der Waals surface area (Å²) in [5.74, 6) is 0.306. The van der Waals surface area contributed by atoms with E-state index >= 15 is 0 Å². The van der Waals surface area contributed by atoms with Crippen LogP contribution in [0.3, 0.4) is 0 Å². The molecule has 1 aromatic rings. The molecule has 0 aliphatic carbocycles. The first-order valence-corrected chi connectivity index (χ1v) is 6.03. The van der Waals surface area contributed by atoms with Crippen LogP contribution in [0.25, 0.3) is 0 Å². The smallest absolute Gasteiger partial charge is 0.310 e. The van der Waals surface area contributed by atoms with Crippen LogP contribution in [0.4, 0.5) is 5.69 Å². The lowest BCUT2D eigenvalue weighted by atomic mass is 10.2. The summed E-state index contributed by atoms with van der Waals surface area (Å²) in [6, 6.07) is 5.66. The van der Waals surface area contributed by atoms with Crippen molar-refractivity contribution in [1.82, 2.24) is 0 Å². The van der Waals surface area contributed by atoms with Gasteiger partial charge in [-0.3, -0.25) is 4.79 Å². The standard InChI is InChI=1S/C12H16BrNO3/c1-8(12(15)17-3)7-14-10-6-9(13)4-5-11(10)16-2/h4-6,8,14H,7H2,1-3H3. The minimum absolute atomic E-state index is 0.205. The van der Waals surface area contributed by atoms with Crippen LogP contribution in [-0.4, -0.2) is 26.7 Å². The van der Waals surface area contributed by atoms with Crippen LogP contribution in [0.15, 0.2) is 22.7 Å². The third kappa shape index (κ3) is 3.93. The van der Waals surface area contributed by atoms with Crippen LogP contribution in [0.2, 0.25) is 0 Å². The number of esters is 1. The number of carbonyl (C=O) groups is 1. The van der Waals surface area contributed by atoms with Crippen molar-refractivity contribution in [2.75, 3.05) is 26.1 Å². The number of hydrogen-bond acceptors (Lipinski definition) is 4. The van der Waals surface area contributed by atoms with Gasteiger partial charge >= 0.3 is 5.97 Å². The highest BCUT2D eigenvalue weighted by Crippen LogP contribution is 2.27. The Morgan fingerprint density at radius 2 is 2.18 bits per heavy atom. The molecule has 94 valence electrons. The fourth-order valence-corrected chi connectivity index (χ4v) is 1.73. The molecule has 1 N–H and O–H groups in total. The lowest BCUT2D eigenvalue weighted by Crippen LogP contribution is -2.21. The van der Waals surface area contributed by atoms with Gasteiger partial charge in [0.1, 0.15) is 5.75 Å². The molecular weight excluding hydrogens is 286 g/mol. The Balaban J connectivity index is 2.68. The van der Waals surface area contributed by atoms with Crippen LogP contribution in [0.1, 0.15) is 6.92 Å². The molecule has 0 bridgehead atoms. The van der Waals surface area contributed by atoms with E-state index in [4.69, 9.17) is 4.74 Å². The molecule has 0 aliphatic heterocycles. The van der Waals surface area contributed by atoms with Crippen molar-refractivity contribution >= 4 is 27.6 Å². The number of hydrogen-bond donors (Lipinski definition) is 1. The largest absolute Gasteiger partial charge is 0.495 e. The van der Waals surface area contributed by atoms with E-state index < -0.39 is 0 Å². The second-order valence-corrected chi connectivity index (χ2v) is 4.57. The zero-order valence-electron chi connectivity index (χ0n) is 10.1. The van der Waals surface area contributed by atoms with Gasteiger partial charge in [-0.25, -0.2) is 0 Å². The van der Waals surface area contributed by atoms with Crippen molar-refractivity contribution in [2.24, 2.45) is 5.92 Å². The molecule has 0 heterocycles. The summed E-state index contributed by atoms with van der Waals surface area (Å²) >= 11 is 3.39. The monoisotopic (exact) mass is 301 g/mol. The molecule has 0 aliphatic rings. The topological polar surface area (TPSA) is 47.6 Å². The first-order valence-electron chi connectivity index (χ1n) is 5.23. The third-order valence-corrected chi connectivity index (χ3v) is 2.86. The van der Waals surface area contributed by atoms with Crippen LogP contribution >= 0.6 is 15.9 Å². The number of ether oxygens (including phenoxy) is 2. The summed E-state index contributed by atoms with van der Waals surface area (Å²) in [6.07, 6.45) is 0. The average Bonchev–Trinajstić information content (AvgIpc) is 2.35. The Hall–Kier alpha value is -1.23. The van der Waals surface area contributed by atoms with Crippen molar-refractivity contribution in [1.29, 1.82) is 0 Å². The highest BCUT2D eigenvalue weighted by Gasteiger charge is 2.13. The first kappa shape index (κ1) is 13.8. The lowest BCUT2D eigenvalue weighted by molar-refractivity contribution is -0.144. The van der Waals surface area contributed by atoms with E-state index in [1.807, 2.05) is 25.1 Å². The molecule has 1 atom stereocenters. The van der Waals surface area contributed by atoms with Gasteiger partial charge in [0.25, 0.3) is 0 Å². The third-order valence-electron chi connectivity index (χ3n) is 2.36. The molecule has 17 heavy (non-hydrogen) atoms. The molecule has 0 aromatic heterocycles. The number of carbonyl (C=O) groups excluding carboxylic acids is 1. The van der Waals surface area contributed by atoms with Crippen molar-refractivity contribution in [3.63, 3.8) is 0 Å².